The summed E-state index contributed by atoms with van der Waals surface area (Å²) in [6.07, 6.45) is -4.60. The van der Waals surface area contributed by atoms with Gasteiger partial charge in [0.15, 0.2) is 0 Å². The Kier molecular flexibility index (Phi) is 5.82. The van der Waals surface area contributed by atoms with E-state index in [9.17, 15) is 31.5 Å². The van der Waals surface area contributed by atoms with Crippen LogP contribution in [0.2, 0.25) is 5.02 Å². The topological polar surface area (TPSA) is 97.1 Å². The van der Waals surface area contributed by atoms with Gasteiger partial charge >= 0.3 is 17.4 Å². The molecule has 0 atom stereocenters. The van der Waals surface area contributed by atoms with E-state index in [-0.39, 0.29) is 27.9 Å². The number of benzene rings is 2. The Bertz CT molecular complexity index is 1440. The van der Waals surface area contributed by atoms with Crippen LogP contribution in [0.5, 0.6) is 0 Å². The molecule has 0 saturated heterocycles. The lowest BCUT2D eigenvalue weighted by atomic mass is 10.1. The summed E-state index contributed by atoms with van der Waals surface area (Å²) in [6.45, 7) is 0. The highest BCUT2D eigenvalue weighted by molar-refractivity contribution is 6.33. The van der Waals surface area contributed by atoms with Gasteiger partial charge in [-0.3, -0.25) is 9.59 Å². The lowest BCUT2D eigenvalue weighted by Gasteiger charge is -2.16. The molecule has 1 aromatic heterocycles. The van der Waals surface area contributed by atoms with Crippen molar-refractivity contribution in [2.24, 2.45) is 0 Å². The molecule has 0 aliphatic heterocycles. The van der Waals surface area contributed by atoms with E-state index in [1.807, 2.05) is 0 Å². The first-order chi connectivity index (χ1) is 15.8. The zero-order valence-electron chi connectivity index (χ0n) is 16.3. The number of rotatable bonds is 6. The second kappa shape index (κ2) is 8.37. The molecule has 34 heavy (non-hydrogen) atoms. The molecule has 1 heterocycles. The predicted octanol–water partition coefficient (Wildman–Crippen LogP) is 5.78. The van der Waals surface area contributed by atoms with Gasteiger partial charge in [-0.1, -0.05) is 16.8 Å². The van der Waals surface area contributed by atoms with Crippen LogP contribution in [0.4, 0.5) is 44.7 Å². The molecule has 7 nitrogen and oxygen atoms in total. The maximum Gasteiger partial charge on any atom is 0.416 e. The normalized spacial score (nSPS) is 12.2. The Morgan fingerprint density at radius 3 is 2.03 bits per heavy atom. The minimum Gasteiger partial charge on any atom is -0.350 e. The third kappa shape index (κ3) is 4.59. The minimum absolute atomic E-state index is 0.0100. The molecule has 0 aliphatic rings. The number of nitrogens with one attached hydrogen (secondary N) is 2. The van der Waals surface area contributed by atoms with Crippen molar-refractivity contribution >= 4 is 46.0 Å². The van der Waals surface area contributed by atoms with Gasteiger partial charge in [0.2, 0.25) is 5.82 Å². The van der Waals surface area contributed by atoms with E-state index in [2.05, 4.69) is 25.3 Å². The molecule has 0 aliphatic carbocycles. The van der Waals surface area contributed by atoms with Gasteiger partial charge < -0.3 is 15.2 Å². The average molecular weight is 519 g/mol. The molecule has 176 valence electrons. The Balaban J connectivity index is 1.53. The second-order valence-electron chi connectivity index (χ2n) is 6.85. The van der Waals surface area contributed by atoms with Gasteiger partial charge in [-0.05, 0) is 54.1 Å². The average Bonchev–Trinajstić information content (AvgIpc) is 3.27. The fourth-order valence-electron chi connectivity index (χ4n) is 2.86. The second-order valence-corrected chi connectivity index (χ2v) is 7.73. The van der Waals surface area contributed by atoms with Crippen molar-refractivity contribution in [1.29, 1.82) is 0 Å². The fourth-order valence-corrected chi connectivity index (χ4v) is 3.17. The van der Waals surface area contributed by atoms with Gasteiger partial charge in [-0.25, -0.2) is 0 Å². The summed E-state index contributed by atoms with van der Waals surface area (Å²) in [6, 6.07) is 8.22. The van der Waals surface area contributed by atoms with Crippen LogP contribution in [-0.4, -0.2) is 10.1 Å². The number of nitrogens with zero attached hydrogens (tertiary/aromatic N) is 2. The molecule has 2 N–H and O–H groups in total. The van der Waals surface area contributed by atoms with E-state index in [1.54, 1.807) is 0 Å². The molecular formula is C20H9Cl2F5N4O3. The van der Waals surface area contributed by atoms with Crippen molar-refractivity contribution in [2.75, 3.05) is 10.6 Å². The number of hydrogen-bond acceptors (Lipinski definition) is 7. The van der Waals surface area contributed by atoms with E-state index < -0.39 is 33.9 Å². The van der Waals surface area contributed by atoms with E-state index in [4.69, 9.17) is 23.2 Å². The molecule has 0 unspecified atom stereocenters. The van der Waals surface area contributed by atoms with Gasteiger partial charge in [0.25, 0.3) is 10.9 Å². The maximum atomic E-state index is 13.0. The highest BCUT2D eigenvalue weighted by atomic mass is 35.5. The maximum absolute atomic E-state index is 13.0. The molecule has 14 heteroatoms. The minimum atomic E-state index is -4.60. The molecule has 0 spiro atoms. The molecule has 0 radical (unpaired) electrons. The number of aromatic nitrogens is 2. The zero-order chi connectivity index (χ0) is 24.8. The highest BCUT2D eigenvalue weighted by Crippen LogP contribution is 2.36. The molecule has 0 bridgehead atoms. The summed E-state index contributed by atoms with van der Waals surface area (Å²) >= 11 is 10.7. The Morgan fingerprint density at radius 2 is 1.50 bits per heavy atom. The Morgan fingerprint density at radius 1 is 0.882 bits per heavy atom. The summed E-state index contributed by atoms with van der Waals surface area (Å²) < 4.78 is 68.9. The first-order valence-corrected chi connectivity index (χ1v) is 9.85. The fraction of sp³-hybridized carbons (Fsp3) is 0.100. The lowest BCUT2D eigenvalue weighted by molar-refractivity contribution is -0.137. The number of halogens is 7. The van der Waals surface area contributed by atoms with Crippen molar-refractivity contribution in [3.05, 3.63) is 79.4 Å². The van der Waals surface area contributed by atoms with Gasteiger partial charge in [-0.2, -0.15) is 26.9 Å². The summed E-state index contributed by atoms with van der Waals surface area (Å²) in [5, 5.41) is 4.55. The van der Waals surface area contributed by atoms with E-state index in [0.717, 1.165) is 12.1 Å². The van der Waals surface area contributed by atoms with Crippen LogP contribution in [0.25, 0.3) is 11.4 Å². The zero-order valence-corrected chi connectivity index (χ0v) is 17.8. The number of alkyl halides is 6. The third-order valence-corrected chi connectivity index (χ3v) is 5.02. The predicted molar refractivity (Wildman–Crippen MR) is 114 cm³/mol. The van der Waals surface area contributed by atoms with Crippen molar-refractivity contribution in [1.82, 2.24) is 10.1 Å². The summed E-state index contributed by atoms with van der Waals surface area (Å²) in [5.74, 6) is -1.23. The first kappa shape index (κ1) is 23.6. The highest BCUT2D eigenvalue weighted by Gasteiger charge is 2.36. The molecule has 4 aromatic rings. The summed E-state index contributed by atoms with van der Waals surface area (Å²) in [4.78, 5) is 27.5. The van der Waals surface area contributed by atoms with E-state index >= 15 is 0 Å². The van der Waals surface area contributed by atoms with Crippen molar-refractivity contribution in [3.8, 4) is 11.4 Å². The van der Waals surface area contributed by atoms with Gasteiger partial charge in [-0.15, -0.1) is 0 Å². The molecule has 3 aromatic carbocycles. The van der Waals surface area contributed by atoms with Crippen LogP contribution in [0.3, 0.4) is 0 Å². The molecule has 0 saturated carbocycles. The lowest BCUT2D eigenvalue weighted by Crippen LogP contribution is -2.35. The van der Waals surface area contributed by atoms with Crippen LogP contribution in [-0.2, 0) is 11.6 Å². The number of anilines is 4. The molecule has 0 fully saturated rings. The Hall–Kier alpha value is -3.51. The van der Waals surface area contributed by atoms with Gasteiger partial charge in [0.1, 0.15) is 11.4 Å². The summed E-state index contributed by atoms with van der Waals surface area (Å²) in [7, 11) is 0. The van der Waals surface area contributed by atoms with Gasteiger partial charge in [0.05, 0.1) is 16.3 Å². The van der Waals surface area contributed by atoms with Gasteiger partial charge in [0, 0.05) is 11.3 Å². The van der Waals surface area contributed by atoms with Crippen molar-refractivity contribution < 1.29 is 26.5 Å². The largest absolute Gasteiger partial charge is 0.416 e. The quantitative estimate of drug-likeness (QED) is 0.189. The van der Waals surface area contributed by atoms with E-state index in [1.165, 1.54) is 24.3 Å². The van der Waals surface area contributed by atoms with Crippen molar-refractivity contribution in [3.63, 3.8) is 0 Å². The summed E-state index contributed by atoms with van der Waals surface area (Å²) in [5.41, 5.74) is -2.46. The third-order valence-electron chi connectivity index (χ3n) is 4.55. The smallest absolute Gasteiger partial charge is 0.350 e. The molecule has 0 amide bonds. The van der Waals surface area contributed by atoms with Crippen molar-refractivity contribution in [2.45, 2.75) is 11.6 Å². The van der Waals surface area contributed by atoms with E-state index in [0.29, 0.717) is 17.3 Å². The van der Waals surface area contributed by atoms with Crippen LogP contribution in [0, 0.1) is 0 Å². The van der Waals surface area contributed by atoms with Crippen LogP contribution in [0.1, 0.15) is 11.5 Å². The van der Waals surface area contributed by atoms with Crippen LogP contribution < -0.4 is 21.5 Å². The number of hydrogen-bond donors (Lipinski definition) is 2. The monoisotopic (exact) mass is 518 g/mol. The first-order valence-electron chi connectivity index (χ1n) is 9.10. The molecule has 4 rings (SSSR count). The standard InChI is InChI=1S/C20H9Cl2F5N4O3/c21-11-7-9(20(25,26)27)3-6-12(11)29-14-13(15(32)16(14)33)28-10-4-1-8(2-5-10)17-30-18(34-31-17)19(22,23)24/h1-7,28-29H. The van der Waals surface area contributed by atoms with Crippen LogP contribution >= 0.6 is 23.2 Å². The Labute approximate surface area is 195 Å². The SMILES string of the molecule is O=c1c(Nc2ccc(-c3noc(C(F)(F)Cl)n3)cc2)c(Nc2ccc(C(F)(F)F)cc2Cl)c1=O. The molecular weight excluding hydrogens is 510 g/mol. The van der Waals surface area contributed by atoms with Crippen LogP contribution in [0.15, 0.2) is 56.6 Å².